The maximum atomic E-state index is 8.61. The van der Waals surface area contributed by atoms with Gasteiger partial charge in [-0.3, -0.25) is 0 Å². The Morgan fingerprint density at radius 1 is 1.47 bits per heavy atom. The lowest BCUT2D eigenvalue weighted by molar-refractivity contribution is 0.300. The first-order chi connectivity index (χ1) is 7.31. The van der Waals surface area contributed by atoms with Crippen molar-refractivity contribution in [1.82, 2.24) is 0 Å². The summed E-state index contributed by atoms with van der Waals surface area (Å²) in [6, 6.07) is 7.67. The number of ether oxygens (including phenoxy) is 1. The number of halogens is 1. The van der Waals surface area contributed by atoms with Crippen molar-refractivity contribution in [2.45, 2.75) is 19.3 Å². The maximum absolute atomic E-state index is 8.61. The standard InChI is InChI=1S/C12H12ClNO/c13-12-10(6-7-14)2-1-3-11(12)15-8-9-4-5-9/h1-3,9H,4-6,8H2. The third-order valence-corrected chi connectivity index (χ3v) is 2.91. The fourth-order valence-electron chi connectivity index (χ4n) is 1.38. The molecule has 0 bridgehead atoms. The SMILES string of the molecule is N#CCc1cccc(OCC2CC2)c1Cl. The first-order valence-electron chi connectivity index (χ1n) is 5.08. The molecule has 15 heavy (non-hydrogen) atoms. The van der Waals surface area contributed by atoms with Gasteiger partial charge < -0.3 is 4.74 Å². The van der Waals surface area contributed by atoms with Crippen LogP contribution in [0.3, 0.4) is 0 Å². The summed E-state index contributed by atoms with van der Waals surface area (Å²) in [5.74, 6) is 1.41. The second kappa shape index (κ2) is 4.55. The number of nitrogens with zero attached hydrogens (tertiary/aromatic N) is 1. The van der Waals surface area contributed by atoms with E-state index in [1.807, 2.05) is 18.2 Å². The van der Waals surface area contributed by atoms with Crippen molar-refractivity contribution in [3.63, 3.8) is 0 Å². The van der Waals surface area contributed by atoms with E-state index in [1.165, 1.54) is 12.8 Å². The Balaban J connectivity index is 2.08. The lowest BCUT2D eigenvalue weighted by atomic mass is 10.1. The highest BCUT2D eigenvalue weighted by molar-refractivity contribution is 6.32. The van der Waals surface area contributed by atoms with E-state index < -0.39 is 0 Å². The summed E-state index contributed by atoms with van der Waals surface area (Å²) in [5, 5.41) is 9.20. The molecule has 0 heterocycles. The van der Waals surface area contributed by atoms with Gasteiger partial charge in [-0.05, 0) is 30.4 Å². The molecular weight excluding hydrogens is 210 g/mol. The fourth-order valence-corrected chi connectivity index (χ4v) is 1.63. The van der Waals surface area contributed by atoms with E-state index in [1.54, 1.807) is 0 Å². The van der Waals surface area contributed by atoms with Crippen LogP contribution in [-0.2, 0) is 6.42 Å². The second-order valence-corrected chi connectivity index (χ2v) is 4.20. The lowest BCUT2D eigenvalue weighted by Crippen LogP contribution is -2.00. The van der Waals surface area contributed by atoms with Crippen molar-refractivity contribution in [1.29, 1.82) is 5.26 Å². The molecule has 0 aliphatic heterocycles. The van der Waals surface area contributed by atoms with Gasteiger partial charge in [-0.15, -0.1) is 0 Å². The van der Waals surface area contributed by atoms with Crippen molar-refractivity contribution >= 4 is 11.6 Å². The molecule has 2 nitrogen and oxygen atoms in total. The molecule has 0 radical (unpaired) electrons. The minimum Gasteiger partial charge on any atom is -0.492 e. The molecule has 0 N–H and O–H groups in total. The van der Waals surface area contributed by atoms with Gasteiger partial charge in [-0.2, -0.15) is 5.26 Å². The molecule has 0 spiro atoms. The molecule has 78 valence electrons. The van der Waals surface area contributed by atoms with E-state index in [4.69, 9.17) is 21.6 Å². The van der Waals surface area contributed by atoms with Crippen molar-refractivity contribution in [2.75, 3.05) is 6.61 Å². The van der Waals surface area contributed by atoms with Crippen LogP contribution in [0, 0.1) is 17.2 Å². The zero-order valence-electron chi connectivity index (χ0n) is 8.37. The van der Waals surface area contributed by atoms with Crippen LogP contribution in [0.15, 0.2) is 18.2 Å². The number of benzene rings is 1. The van der Waals surface area contributed by atoms with Gasteiger partial charge in [-0.25, -0.2) is 0 Å². The summed E-state index contributed by atoms with van der Waals surface area (Å²) in [6.45, 7) is 0.746. The van der Waals surface area contributed by atoms with E-state index in [2.05, 4.69) is 6.07 Å². The number of nitriles is 1. The summed E-state index contributed by atoms with van der Waals surface area (Å²) in [5.41, 5.74) is 0.840. The molecule has 1 fully saturated rings. The number of rotatable bonds is 4. The molecule has 1 saturated carbocycles. The van der Waals surface area contributed by atoms with E-state index >= 15 is 0 Å². The summed E-state index contributed by atoms with van der Waals surface area (Å²) in [7, 11) is 0. The Morgan fingerprint density at radius 3 is 2.93 bits per heavy atom. The molecule has 1 aromatic rings. The summed E-state index contributed by atoms with van der Waals surface area (Å²) >= 11 is 6.12. The van der Waals surface area contributed by atoms with Gasteiger partial charge >= 0.3 is 0 Å². The van der Waals surface area contributed by atoms with Crippen molar-refractivity contribution in [2.24, 2.45) is 5.92 Å². The molecule has 2 rings (SSSR count). The molecule has 0 atom stereocenters. The molecular formula is C12H12ClNO. The van der Waals surface area contributed by atoms with Crippen molar-refractivity contribution in [3.05, 3.63) is 28.8 Å². The van der Waals surface area contributed by atoms with Gasteiger partial charge in [0.15, 0.2) is 0 Å². The Hall–Kier alpha value is -1.20. The first-order valence-corrected chi connectivity index (χ1v) is 5.46. The third kappa shape index (κ3) is 2.64. The van der Waals surface area contributed by atoms with Gasteiger partial charge in [0.25, 0.3) is 0 Å². The second-order valence-electron chi connectivity index (χ2n) is 3.82. The fraction of sp³-hybridized carbons (Fsp3) is 0.417. The van der Waals surface area contributed by atoms with Crippen LogP contribution in [0.1, 0.15) is 18.4 Å². The van der Waals surface area contributed by atoms with Gasteiger partial charge in [0.05, 0.1) is 24.1 Å². The zero-order valence-corrected chi connectivity index (χ0v) is 9.13. The van der Waals surface area contributed by atoms with E-state index in [-0.39, 0.29) is 0 Å². The minimum absolute atomic E-state index is 0.333. The first kappa shape index (κ1) is 10.3. The summed E-state index contributed by atoms with van der Waals surface area (Å²) < 4.78 is 5.61. The Labute approximate surface area is 94.4 Å². The van der Waals surface area contributed by atoms with Crippen LogP contribution < -0.4 is 4.74 Å². The van der Waals surface area contributed by atoms with E-state index in [9.17, 15) is 0 Å². The zero-order chi connectivity index (χ0) is 10.7. The summed E-state index contributed by atoms with van der Waals surface area (Å²) in [4.78, 5) is 0. The van der Waals surface area contributed by atoms with Crippen LogP contribution in [0.2, 0.25) is 5.02 Å². The topological polar surface area (TPSA) is 33.0 Å². The highest BCUT2D eigenvalue weighted by Crippen LogP contribution is 2.33. The minimum atomic E-state index is 0.333. The predicted molar refractivity (Wildman–Crippen MR) is 59.0 cm³/mol. The molecule has 1 aliphatic rings. The molecule has 0 saturated heterocycles. The quantitative estimate of drug-likeness (QED) is 0.782. The molecule has 0 unspecified atom stereocenters. The number of hydrogen-bond acceptors (Lipinski definition) is 2. The average Bonchev–Trinajstić information content (AvgIpc) is 3.03. The van der Waals surface area contributed by atoms with Gasteiger partial charge in [0.1, 0.15) is 5.75 Å². The van der Waals surface area contributed by atoms with Crippen LogP contribution in [0.4, 0.5) is 0 Å². The smallest absolute Gasteiger partial charge is 0.138 e. The van der Waals surface area contributed by atoms with Crippen molar-refractivity contribution in [3.8, 4) is 11.8 Å². The van der Waals surface area contributed by atoms with Crippen molar-refractivity contribution < 1.29 is 4.74 Å². The molecule has 0 aromatic heterocycles. The number of hydrogen-bond donors (Lipinski definition) is 0. The van der Waals surface area contributed by atoms with E-state index in [0.717, 1.165) is 12.2 Å². The van der Waals surface area contributed by atoms with Gasteiger partial charge in [-0.1, -0.05) is 23.7 Å². The predicted octanol–water partition coefficient (Wildman–Crippen LogP) is 3.19. The highest BCUT2D eigenvalue weighted by Gasteiger charge is 2.22. The Kier molecular flexibility index (Phi) is 3.13. The third-order valence-electron chi connectivity index (χ3n) is 2.48. The maximum Gasteiger partial charge on any atom is 0.138 e. The average molecular weight is 222 g/mol. The Bertz CT molecular complexity index is 393. The highest BCUT2D eigenvalue weighted by atomic mass is 35.5. The van der Waals surface area contributed by atoms with Gasteiger partial charge in [0, 0.05) is 0 Å². The molecule has 3 heteroatoms. The molecule has 1 aromatic carbocycles. The lowest BCUT2D eigenvalue weighted by Gasteiger charge is -2.09. The molecule has 1 aliphatic carbocycles. The summed E-state index contributed by atoms with van der Waals surface area (Å²) in [6.07, 6.45) is 2.85. The van der Waals surface area contributed by atoms with Gasteiger partial charge in [0.2, 0.25) is 0 Å². The largest absolute Gasteiger partial charge is 0.492 e. The van der Waals surface area contributed by atoms with Crippen LogP contribution in [-0.4, -0.2) is 6.61 Å². The molecule has 0 amide bonds. The monoisotopic (exact) mass is 221 g/mol. The normalized spacial score (nSPS) is 14.7. The van der Waals surface area contributed by atoms with E-state index in [0.29, 0.717) is 23.1 Å². The van der Waals surface area contributed by atoms with Crippen LogP contribution >= 0.6 is 11.6 Å². The van der Waals surface area contributed by atoms with Crippen LogP contribution in [0.5, 0.6) is 5.75 Å². The van der Waals surface area contributed by atoms with Crippen LogP contribution in [0.25, 0.3) is 0 Å². The Morgan fingerprint density at radius 2 is 2.27 bits per heavy atom.